The molecule has 0 aromatic carbocycles. The zero-order chi connectivity index (χ0) is 16.1. The number of hydrogen-bond donors (Lipinski definition) is 0. The highest BCUT2D eigenvalue weighted by molar-refractivity contribution is 5.37. The van der Waals surface area contributed by atoms with Gasteiger partial charge < -0.3 is 0 Å². The molecule has 0 N–H and O–H groups in total. The Morgan fingerprint density at radius 3 is 2.59 bits per heavy atom. The predicted octanol–water partition coefficient (Wildman–Crippen LogP) is 6.78. The van der Waals surface area contributed by atoms with Gasteiger partial charge >= 0.3 is 0 Å². The molecule has 5 unspecified atom stereocenters. The monoisotopic (exact) mass is 300 g/mol. The molecule has 0 aromatic rings. The molecule has 124 valence electrons. The lowest BCUT2D eigenvalue weighted by Crippen LogP contribution is -2.27. The Labute approximate surface area is 138 Å². The third-order valence-electron chi connectivity index (χ3n) is 7.45. The van der Waals surface area contributed by atoms with Gasteiger partial charge in [0.25, 0.3) is 0 Å². The second-order valence-electron chi connectivity index (χ2n) is 9.05. The van der Waals surface area contributed by atoms with Crippen molar-refractivity contribution in [3.63, 3.8) is 0 Å². The summed E-state index contributed by atoms with van der Waals surface area (Å²) in [6.45, 7) is 14.8. The molecule has 3 aliphatic carbocycles. The van der Waals surface area contributed by atoms with Crippen LogP contribution in [0.5, 0.6) is 0 Å². The van der Waals surface area contributed by atoms with Gasteiger partial charge in [-0.05, 0) is 68.1 Å². The van der Waals surface area contributed by atoms with Gasteiger partial charge in [0.2, 0.25) is 0 Å². The van der Waals surface area contributed by atoms with Gasteiger partial charge in [0.1, 0.15) is 0 Å². The van der Waals surface area contributed by atoms with E-state index in [0.29, 0.717) is 5.41 Å². The Bertz CT molecular complexity index is 492. The van der Waals surface area contributed by atoms with Crippen molar-refractivity contribution in [2.75, 3.05) is 0 Å². The lowest BCUT2D eigenvalue weighted by atomic mass is 9.67. The molecule has 5 atom stereocenters. The van der Waals surface area contributed by atoms with Crippen LogP contribution in [0.4, 0.5) is 0 Å². The van der Waals surface area contributed by atoms with Crippen LogP contribution < -0.4 is 0 Å². The highest BCUT2D eigenvalue weighted by atomic mass is 14.5. The average Bonchev–Trinajstić information content (AvgIpc) is 2.99. The van der Waals surface area contributed by atoms with Crippen LogP contribution in [0.15, 0.2) is 22.8 Å². The highest BCUT2D eigenvalue weighted by Gasteiger charge is 2.43. The number of fused-ring (bicyclic) bond motifs is 2. The van der Waals surface area contributed by atoms with Gasteiger partial charge in [0, 0.05) is 5.41 Å². The molecule has 0 bridgehead atoms. The lowest BCUT2D eigenvalue weighted by molar-refractivity contribution is 0.271. The summed E-state index contributed by atoms with van der Waals surface area (Å²) < 4.78 is 0. The molecule has 22 heavy (non-hydrogen) atoms. The normalized spacial score (nSPS) is 44.4. The standard InChI is InChI=1S/C22H36/c1-7-17-8-9-19-16(5)15(4)12-21-18(14(2)3)10-11-22(21,6)13-20(17)19/h13-17,19H,7-12H2,1-6H3/b20-13-. The van der Waals surface area contributed by atoms with Crippen LogP contribution in [0, 0.1) is 35.0 Å². The number of hydrogen-bond acceptors (Lipinski definition) is 0. The van der Waals surface area contributed by atoms with Gasteiger partial charge in [-0.15, -0.1) is 0 Å². The predicted molar refractivity (Wildman–Crippen MR) is 96.7 cm³/mol. The first kappa shape index (κ1) is 16.3. The fourth-order valence-corrected chi connectivity index (χ4v) is 5.74. The quantitative estimate of drug-likeness (QED) is 0.493. The summed E-state index contributed by atoms with van der Waals surface area (Å²) in [6.07, 6.45) is 11.1. The van der Waals surface area contributed by atoms with Crippen LogP contribution in [-0.2, 0) is 0 Å². The molecule has 0 heterocycles. The van der Waals surface area contributed by atoms with Crippen molar-refractivity contribution in [1.29, 1.82) is 0 Å². The molecule has 1 fully saturated rings. The molecular formula is C22H36. The first-order chi connectivity index (χ1) is 10.4. The molecule has 3 aliphatic rings. The van der Waals surface area contributed by atoms with Crippen LogP contribution in [-0.4, -0.2) is 0 Å². The highest BCUT2D eigenvalue weighted by Crippen LogP contribution is 2.56. The summed E-state index contributed by atoms with van der Waals surface area (Å²) in [5.41, 5.74) is 5.85. The van der Waals surface area contributed by atoms with E-state index in [4.69, 9.17) is 0 Å². The maximum Gasteiger partial charge on any atom is 0.00712 e. The lowest BCUT2D eigenvalue weighted by Gasteiger charge is -2.37. The maximum absolute atomic E-state index is 2.78. The van der Waals surface area contributed by atoms with Crippen molar-refractivity contribution in [3.05, 3.63) is 22.8 Å². The largest absolute Gasteiger partial charge is 0.0747 e. The van der Waals surface area contributed by atoms with Crippen molar-refractivity contribution in [2.45, 2.75) is 80.1 Å². The molecule has 0 heteroatoms. The number of allylic oxidation sites excluding steroid dienone is 4. The molecule has 0 nitrogen and oxygen atoms in total. The topological polar surface area (TPSA) is 0 Å². The van der Waals surface area contributed by atoms with E-state index < -0.39 is 0 Å². The molecule has 3 rings (SSSR count). The summed E-state index contributed by atoms with van der Waals surface area (Å²) in [6, 6.07) is 0. The summed E-state index contributed by atoms with van der Waals surface area (Å²) in [4.78, 5) is 0. The van der Waals surface area contributed by atoms with Crippen LogP contribution in [0.25, 0.3) is 0 Å². The van der Waals surface area contributed by atoms with E-state index in [1.807, 2.05) is 11.1 Å². The minimum absolute atomic E-state index is 0.374. The van der Waals surface area contributed by atoms with Crippen LogP contribution >= 0.6 is 0 Å². The van der Waals surface area contributed by atoms with E-state index in [-0.39, 0.29) is 0 Å². The van der Waals surface area contributed by atoms with Gasteiger partial charge in [-0.2, -0.15) is 0 Å². The second kappa shape index (κ2) is 5.84. The minimum Gasteiger partial charge on any atom is -0.0747 e. The molecule has 0 spiro atoms. The first-order valence-electron chi connectivity index (χ1n) is 9.82. The molecule has 1 saturated carbocycles. The van der Waals surface area contributed by atoms with Crippen LogP contribution in [0.3, 0.4) is 0 Å². The number of rotatable bonds is 2. The molecule has 0 radical (unpaired) electrons. The van der Waals surface area contributed by atoms with Gasteiger partial charge in [-0.1, -0.05) is 64.3 Å². The zero-order valence-electron chi connectivity index (χ0n) is 15.7. The Balaban J connectivity index is 2.10. The minimum atomic E-state index is 0.374. The third-order valence-corrected chi connectivity index (χ3v) is 7.45. The van der Waals surface area contributed by atoms with Gasteiger partial charge in [-0.3, -0.25) is 0 Å². The molecule has 0 aromatic heterocycles. The van der Waals surface area contributed by atoms with Crippen LogP contribution in [0.2, 0.25) is 0 Å². The van der Waals surface area contributed by atoms with Crippen LogP contribution in [0.1, 0.15) is 80.1 Å². The van der Waals surface area contributed by atoms with Crippen molar-refractivity contribution in [1.82, 2.24) is 0 Å². The van der Waals surface area contributed by atoms with Crippen molar-refractivity contribution < 1.29 is 0 Å². The smallest absolute Gasteiger partial charge is 0.00712 e. The van der Waals surface area contributed by atoms with E-state index in [1.165, 1.54) is 38.5 Å². The Kier molecular flexibility index (Phi) is 4.34. The maximum atomic E-state index is 2.78. The summed E-state index contributed by atoms with van der Waals surface area (Å²) in [5, 5.41) is 0. The zero-order valence-corrected chi connectivity index (χ0v) is 15.7. The van der Waals surface area contributed by atoms with Gasteiger partial charge in [0.05, 0.1) is 0 Å². The van der Waals surface area contributed by atoms with E-state index in [9.17, 15) is 0 Å². The molecular weight excluding hydrogens is 264 g/mol. The summed E-state index contributed by atoms with van der Waals surface area (Å²) in [7, 11) is 0. The Morgan fingerprint density at radius 1 is 1.23 bits per heavy atom. The SMILES string of the molecule is CCC1CCC2/C1=C\C1(C)CCC(C(C)C)=C1CC(C)C2C. The van der Waals surface area contributed by atoms with E-state index in [0.717, 1.165) is 29.6 Å². The molecule has 0 aliphatic heterocycles. The average molecular weight is 301 g/mol. The fraction of sp³-hybridized carbons (Fsp3) is 0.818. The third kappa shape index (κ3) is 2.51. The molecule has 0 saturated heterocycles. The van der Waals surface area contributed by atoms with Crippen molar-refractivity contribution >= 4 is 0 Å². The summed E-state index contributed by atoms with van der Waals surface area (Å²) in [5.74, 6) is 4.18. The second-order valence-corrected chi connectivity index (χ2v) is 9.05. The van der Waals surface area contributed by atoms with Crippen molar-refractivity contribution in [2.24, 2.45) is 35.0 Å². The Morgan fingerprint density at radius 2 is 1.95 bits per heavy atom. The van der Waals surface area contributed by atoms with E-state index >= 15 is 0 Å². The first-order valence-corrected chi connectivity index (χ1v) is 9.82. The van der Waals surface area contributed by atoms with E-state index in [2.05, 4.69) is 47.6 Å². The van der Waals surface area contributed by atoms with Gasteiger partial charge in [0.15, 0.2) is 0 Å². The fourth-order valence-electron chi connectivity index (χ4n) is 5.74. The van der Waals surface area contributed by atoms with Gasteiger partial charge in [-0.25, -0.2) is 0 Å². The molecule has 0 amide bonds. The summed E-state index contributed by atoms with van der Waals surface area (Å²) >= 11 is 0. The van der Waals surface area contributed by atoms with Crippen molar-refractivity contribution in [3.8, 4) is 0 Å². The Hall–Kier alpha value is -0.520. The van der Waals surface area contributed by atoms with E-state index in [1.54, 1.807) is 5.57 Å².